The first-order valence-electron chi connectivity index (χ1n) is 5.15. The fourth-order valence-corrected chi connectivity index (χ4v) is 1.23. The van der Waals surface area contributed by atoms with Gasteiger partial charge in [0.15, 0.2) is 5.69 Å². The van der Waals surface area contributed by atoms with Crippen molar-refractivity contribution in [3.63, 3.8) is 0 Å². The minimum absolute atomic E-state index is 0.0346. The van der Waals surface area contributed by atoms with Gasteiger partial charge < -0.3 is 9.84 Å². The fraction of sp³-hybridized carbons (Fsp3) is 0.250. The number of esters is 1. The maximum Gasteiger partial charge on any atom is 0.355 e. The number of hydrogen-bond acceptors (Lipinski definition) is 4. The molecule has 0 bridgehead atoms. The lowest BCUT2D eigenvalue weighted by molar-refractivity contribution is -0.142. The van der Waals surface area contributed by atoms with Gasteiger partial charge in [0, 0.05) is 11.8 Å². The Hall–Kier alpha value is -2.17. The normalized spacial score (nSPS) is 10.4. The summed E-state index contributed by atoms with van der Waals surface area (Å²) in [6.07, 6.45) is 4.63. The van der Waals surface area contributed by atoms with Gasteiger partial charge in [-0.1, -0.05) is 18.2 Å². The van der Waals surface area contributed by atoms with E-state index in [1.54, 1.807) is 31.2 Å². The average Bonchev–Trinajstić information content (AvgIpc) is 2.30. The molecule has 0 aliphatic heterocycles. The standard InChI is InChI=1S/C12H13NO4/c1-2-17-10(14)7-3-5-9-6-4-8-13-11(9)12(15)16/h3-6,8H,2,7H2,1H3,(H,15,16). The van der Waals surface area contributed by atoms with Crippen LogP contribution in [-0.4, -0.2) is 28.6 Å². The Bertz CT molecular complexity index is 440. The third-order valence-corrected chi connectivity index (χ3v) is 1.93. The van der Waals surface area contributed by atoms with Crippen molar-refractivity contribution in [3.05, 3.63) is 35.7 Å². The summed E-state index contributed by atoms with van der Waals surface area (Å²) in [4.78, 5) is 25.6. The molecule has 1 aromatic rings. The van der Waals surface area contributed by atoms with Crippen LogP contribution in [0.5, 0.6) is 0 Å². The minimum Gasteiger partial charge on any atom is -0.476 e. The van der Waals surface area contributed by atoms with Crippen LogP contribution in [0.15, 0.2) is 24.4 Å². The van der Waals surface area contributed by atoms with Crippen LogP contribution in [0.3, 0.4) is 0 Å². The maximum absolute atomic E-state index is 11.0. The molecule has 5 heteroatoms. The van der Waals surface area contributed by atoms with Gasteiger partial charge in [-0.05, 0) is 13.0 Å². The summed E-state index contributed by atoms with van der Waals surface area (Å²) in [5.74, 6) is -1.44. The van der Waals surface area contributed by atoms with Gasteiger partial charge >= 0.3 is 11.9 Å². The highest BCUT2D eigenvalue weighted by molar-refractivity contribution is 5.90. The van der Waals surface area contributed by atoms with Crippen molar-refractivity contribution in [1.82, 2.24) is 4.98 Å². The number of carbonyl (C=O) groups is 2. The first-order chi connectivity index (χ1) is 8.15. The molecule has 17 heavy (non-hydrogen) atoms. The lowest BCUT2D eigenvalue weighted by Crippen LogP contribution is -2.03. The van der Waals surface area contributed by atoms with Crippen molar-refractivity contribution in [3.8, 4) is 0 Å². The zero-order valence-electron chi connectivity index (χ0n) is 9.42. The Morgan fingerprint density at radius 3 is 2.94 bits per heavy atom. The van der Waals surface area contributed by atoms with E-state index in [1.807, 2.05) is 0 Å². The van der Waals surface area contributed by atoms with Gasteiger partial charge in [-0.25, -0.2) is 9.78 Å². The van der Waals surface area contributed by atoms with E-state index in [-0.39, 0.29) is 18.1 Å². The third kappa shape index (κ3) is 4.06. The molecule has 1 rings (SSSR count). The molecule has 1 aromatic heterocycles. The highest BCUT2D eigenvalue weighted by atomic mass is 16.5. The van der Waals surface area contributed by atoms with Crippen LogP contribution >= 0.6 is 0 Å². The molecule has 0 aliphatic rings. The maximum atomic E-state index is 11.0. The van der Waals surface area contributed by atoms with E-state index in [0.29, 0.717) is 12.2 Å². The summed E-state index contributed by atoms with van der Waals surface area (Å²) in [7, 11) is 0. The minimum atomic E-state index is -1.10. The molecule has 0 unspecified atom stereocenters. The van der Waals surface area contributed by atoms with E-state index in [9.17, 15) is 9.59 Å². The number of carboxylic acids is 1. The molecule has 1 heterocycles. The lowest BCUT2D eigenvalue weighted by Gasteiger charge is -1.99. The first kappa shape index (κ1) is 12.9. The van der Waals surface area contributed by atoms with Crippen LogP contribution in [0.2, 0.25) is 0 Å². The van der Waals surface area contributed by atoms with Gasteiger partial charge in [0.05, 0.1) is 13.0 Å². The number of hydrogen-bond donors (Lipinski definition) is 1. The summed E-state index contributed by atoms with van der Waals surface area (Å²) in [6, 6.07) is 3.26. The Kier molecular flexibility index (Phi) is 4.87. The molecule has 0 radical (unpaired) electrons. The summed E-state index contributed by atoms with van der Waals surface area (Å²) in [6.45, 7) is 2.06. The Balaban J connectivity index is 2.71. The van der Waals surface area contributed by atoms with Gasteiger partial charge in [-0.15, -0.1) is 0 Å². The molecular weight excluding hydrogens is 222 g/mol. The molecule has 0 saturated heterocycles. The van der Waals surface area contributed by atoms with Gasteiger partial charge in [0.25, 0.3) is 0 Å². The van der Waals surface area contributed by atoms with Gasteiger partial charge in [0.1, 0.15) is 0 Å². The van der Waals surface area contributed by atoms with Gasteiger partial charge in [0.2, 0.25) is 0 Å². The van der Waals surface area contributed by atoms with Crippen molar-refractivity contribution in [2.45, 2.75) is 13.3 Å². The second-order valence-electron chi connectivity index (χ2n) is 3.16. The summed E-state index contributed by atoms with van der Waals surface area (Å²) < 4.78 is 4.74. The largest absolute Gasteiger partial charge is 0.476 e. The van der Waals surface area contributed by atoms with E-state index >= 15 is 0 Å². The average molecular weight is 235 g/mol. The Morgan fingerprint density at radius 2 is 2.29 bits per heavy atom. The molecule has 0 atom stereocenters. The molecule has 0 aromatic carbocycles. The zero-order chi connectivity index (χ0) is 12.7. The summed E-state index contributed by atoms with van der Waals surface area (Å²) in [5.41, 5.74) is 0.428. The molecule has 0 spiro atoms. The molecule has 0 amide bonds. The van der Waals surface area contributed by atoms with Crippen molar-refractivity contribution >= 4 is 18.0 Å². The molecule has 0 fully saturated rings. The van der Waals surface area contributed by atoms with Crippen molar-refractivity contribution in [2.75, 3.05) is 6.61 Å². The summed E-state index contributed by atoms with van der Waals surface area (Å²) >= 11 is 0. The van der Waals surface area contributed by atoms with E-state index in [0.717, 1.165) is 0 Å². The molecule has 0 saturated carbocycles. The molecule has 90 valence electrons. The number of rotatable bonds is 5. The van der Waals surface area contributed by atoms with Gasteiger partial charge in [-0.2, -0.15) is 0 Å². The monoisotopic (exact) mass is 235 g/mol. The Labute approximate surface area is 98.7 Å². The molecular formula is C12H13NO4. The van der Waals surface area contributed by atoms with Crippen LogP contribution in [0.4, 0.5) is 0 Å². The number of nitrogens with zero attached hydrogens (tertiary/aromatic N) is 1. The molecule has 0 aliphatic carbocycles. The topological polar surface area (TPSA) is 76.5 Å². The predicted molar refractivity (Wildman–Crippen MR) is 61.5 cm³/mol. The first-order valence-corrected chi connectivity index (χ1v) is 5.15. The molecule has 5 nitrogen and oxygen atoms in total. The summed E-state index contributed by atoms with van der Waals surface area (Å²) in [5, 5.41) is 8.87. The number of aromatic carboxylic acids is 1. The Morgan fingerprint density at radius 1 is 1.53 bits per heavy atom. The third-order valence-electron chi connectivity index (χ3n) is 1.93. The van der Waals surface area contributed by atoms with E-state index in [1.165, 1.54) is 6.20 Å². The van der Waals surface area contributed by atoms with Gasteiger partial charge in [-0.3, -0.25) is 4.79 Å². The number of carboxylic acid groups (broad SMARTS) is 1. The smallest absolute Gasteiger partial charge is 0.355 e. The number of aromatic nitrogens is 1. The molecule has 1 N–H and O–H groups in total. The SMILES string of the molecule is CCOC(=O)CC=Cc1cccnc1C(=O)O. The quantitative estimate of drug-likeness (QED) is 0.787. The number of ether oxygens (including phenoxy) is 1. The van der Waals surface area contributed by atoms with Crippen LogP contribution in [0.1, 0.15) is 29.4 Å². The van der Waals surface area contributed by atoms with Crippen molar-refractivity contribution in [1.29, 1.82) is 0 Å². The van der Waals surface area contributed by atoms with Crippen LogP contribution in [-0.2, 0) is 9.53 Å². The van der Waals surface area contributed by atoms with Crippen LogP contribution in [0.25, 0.3) is 6.08 Å². The number of carbonyl (C=O) groups excluding carboxylic acids is 1. The van der Waals surface area contributed by atoms with Crippen LogP contribution < -0.4 is 0 Å². The van der Waals surface area contributed by atoms with E-state index < -0.39 is 5.97 Å². The lowest BCUT2D eigenvalue weighted by atomic mass is 10.1. The van der Waals surface area contributed by atoms with E-state index in [2.05, 4.69) is 4.98 Å². The number of pyridine rings is 1. The van der Waals surface area contributed by atoms with Crippen molar-refractivity contribution < 1.29 is 19.4 Å². The highest BCUT2D eigenvalue weighted by Crippen LogP contribution is 2.08. The highest BCUT2D eigenvalue weighted by Gasteiger charge is 2.08. The predicted octanol–water partition coefficient (Wildman–Crippen LogP) is 1.75. The van der Waals surface area contributed by atoms with E-state index in [4.69, 9.17) is 9.84 Å². The second-order valence-corrected chi connectivity index (χ2v) is 3.16. The van der Waals surface area contributed by atoms with Crippen molar-refractivity contribution in [2.24, 2.45) is 0 Å². The fourth-order valence-electron chi connectivity index (χ4n) is 1.23. The second kappa shape index (κ2) is 6.42. The zero-order valence-corrected chi connectivity index (χ0v) is 9.42. The van der Waals surface area contributed by atoms with Crippen LogP contribution in [0, 0.1) is 0 Å².